The van der Waals surface area contributed by atoms with Crippen molar-refractivity contribution in [3.8, 4) is 5.75 Å². The van der Waals surface area contributed by atoms with Crippen LogP contribution in [0.5, 0.6) is 5.75 Å². The average molecular weight is 276 g/mol. The van der Waals surface area contributed by atoms with Gasteiger partial charge in [-0.2, -0.15) is 0 Å². The summed E-state index contributed by atoms with van der Waals surface area (Å²) >= 11 is 0. The summed E-state index contributed by atoms with van der Waals surface area (Å²) in [4.78, 5) is 14.3. The largest absolute Gasteiger partial charge is 0.494 e. The lowest BCUT2D eigenvalue weighted by Gasteiger charge is -2.29. The van der Waals surface area contributed by atoms with Gasteiger partial charge in [0.1, 0.15) is 5.75 Å². The minimum atomic E-state index is -0.389. The van der Waals surface area contributed by atoms with Gasteiger partial charge in [0.2, 0.25) is 5.91 Å². The summed E-state index contributed by atoms with van der Waals surface area (Å²) in [7, 11) is 1.87. The Hall–Kier alpha value is -1.55. The summed E-state index contributed by atoms with van der Waals surface area (Å²) in [6.07, 6.45) is 1.98. The minimum absolute atomic E-state index is 0.170. The fourth-order valence-electron chi connectivity index (χ4n) is 2.70. The van der Waals surface area contributed by atoms with Crippen LogP contribution in [0.25, 0.3) is 0 Å². The Bertz CT molecular complexity index is 450. The van der Waals surface area contributed by atoms with Gasteiger partial charge in [0.05, 0.1) is 12.1 Å². The number of carbonyl (C=O) groups is 1. The SMILES string of the molecule is CCOc1ccc(CN(C)C(=O)C2(C)CCCN2)cc1. The van der Waals surface area contributed by atoms with Crippen LogP contribution in [-0.4, -0.2) is 36.5 Å². The van der Waals surface area contributed by atoms with E-state index in [1.165, 1.54) is 0 Å². The van der Waals surface area contributed by atoms with Gasteiger partial charge >= 0.3 is 0 Å². The molecular formula is C16H24N2O2. The Morgan fingerprint density at radius 1 is 1.40 bits per heavy atom. The molecule has 0 aromatic heterocycles. The highest BCUT2D eigenvalue weighted by Gasteiger charge is 2.37. The molecule has 1 fully saturated rings. The van der Waals surface area contributed by atoms with E-state index in [9.17, 15) is 4.79 Å². The lowest BCUT2D eigenvalue weighted by molar-refractivity contribution is -0.136. The second kappa shape index (κ2) is 6.27. The molecule has 1 atom stereocenters. The van der Waals surface area contributed by atoms with Crippen LogP contribution in [0, 0.1) is 0 Å². The van der Waals surface area contributed by atoms with Crippen LogP contribution in [0.1, 0.15) is 32.3 Å². The monoisotopic (exact) mass is 276 g/mol. The van der Waals surface area contributed by atoms with Gasteiger partial charge in [0, 0.05) is 13.6 Å². The zero-order chi connectivity index (χ0) is 14.6. The Kier molecular flexibility index (Phi) is 4.65. The van der Waals surface area contributed by atoms with Crippen LogP contribution in [0.3, 0.4) is 0 Å². The molecule has 0 radical (unpaired) electrons. The molecule has 20 heavy (non-hydrogen) atoms. The molecule has 1 amide bonds. The number of carbonyl (C=O) groups excluding carboxylic acids is 1. The number of likely N-dealkylation sites (N-methyl/N-ethyl adjacent to an activating group) is 1. The molecule has 1 aromatic carbocycles. The molecule has 0 spiro atoms. The number of hydrogen-bond donors (Lipinski definition) is 1. The smallest absolute Gasteiger partial charge is 0.242 e. The maximum atomic E-state index is 12.5. The number of nitrogens with one attached hydrogen (secondary N) is 1. The number of ether oxygens (including phenoxy) is 1. The number of hydrogen-bond acceptors (Lipinski definition) is 3. The van der Waals surface area contributed by atoms with Crippen molar-refractivity contribution < 1.29 is 9.53 Å². The van der Waals surface area contributed by atoms with Gasteiger partial charge in [-0.15, -0.1) is 0 Å². The van der Waals surface area contributed by atoms with Gasteiger partial charge in [0.25, 0.3) is 0 Å². The molecule has 110 valence electrons. The second-order valence-corrected chi connectivity index (χ2v) is 5.60. The summed E-state index contributed by atoms with van der Waals surface area (Å²) in [6.45, 7) is 6.19. The van der Waals surface area contributed by atoms with Crippen LogP contribution in [0.2, 0.25) is 0 Å². The predicted molar refractivity (Wildman–Crippen MR) is 79.7 cm³/mol. The molecule has 1 saturated heterocycles. The molecule has 4 heteroatoms. The molecule has 1 aliphatic rings. The molecule has 4 nitrogen and oxygen atoms in total. The van der Waals surface area contributed by atoms with E-state index in [0.717, 1.165) is 30.7 Å². The molecular weight excluding hydrogens is 252 g/mol. The van der Waals surface area contributed by atoms with Crippen LogP contribution < -0.4 is 10.1 Å². The summed E-state index contributed by atoms with van der Waals surface area (Å²) in [6, 6.07) is 7.93. The minimum Gasteiger partial charge on any atom is -0.494 e. The molecule has 0 bridgehead atoms. The Balaban J connectivity index is 1.96. The van der Waals surface area contributed by atoms with Crippen molar-refractivity contribution in [2.24, 2.45) is 0 Å². The number of nitrogens with zero attached hydrogens (tertiary/aromatic N) is 1. The van der Waals surface area contributed by atoms with Crippen molar-refractivity contribution in [3.63, 3.8) is 0 Å². The molecule has 0 aliphatic carbocycles. The Morgan fingerprint density at radius 3 is 2.65 bits per heavy atom. The summed E-state index contributed by atoms with van der Waals surface area (Å²) in [5, 5.41) is 3.31. The van der Waals surface area contributed by atoms with E-state index in [-0.39, 0.29) is 11.4 Å². The number of rotatable bonds is 5. The first-order chi connectivity index (χ1) is 9.55. The van der Waals surface area contributed by atoms with E-state index in [2.05, 4.69) is 5.32 Å². The van der Waals surface area contributed by atoms with Crippen LogP contribution >= 0.6 is 0 Å². The van der Waals surface area contributed by atoms with Gasteiger partial charge in [0.15, 0.2) is 0 Å². The van der Waals surface area contributed by atoms with Crippen molar-refractivity contribution in [1.29, 1.82) is 0 Å². The molecule has 2 rings (SSSR count). The summed E-state index contributed by atoms with van der Waals surface area (Å²) < 4.78 is 5.42. The topological polar surface area (TPSA) is 41.6 Å². The molecule has 1 N–H and O–H groups in total. The summed E-state index contributed by atoms with van der Waals surface area (Å²) in [5.41, 5.74) is 0.728. The van der Waals surface area contributed by atoms with E-state index in [1.54, 1.807) is 4.90 Å². The Morgan fingerprint density at radius 2 is 2.10 bits per heavy atom. The van der Waals surface area contributed by atoms with Crippen LogP contribution in [0.4, 0.5) is 0 Å². The van der Waals surface area contributed by atoms with Crippen molar-refractivity contribution in [3.05, 3.63) is 29.8 Å². The van der Waals surface area contributed by atoms with Gasteiger partial charge in [-0.05, 0) is 50.9 Å². The summed E-state index contributed by atoms with van der Waals surface area (Å²) in [5.74, 6) is 1.04. The van der Waals surface area contributed by atoms with Gasteiger partial charge < -0.3 is 15.0 Å². The zero-order valence-electron chi connectivity index (χ0n) is 12.6. The highest BCUT2D eigenvalue weighted by molar-refractivity contribution is 5.86. The molecule has 1 aliphatic heterocycles. The van der Waals surface area contributed by atoms with E-state index >= 15 is 0 Å². The van der Waals surface area contributed by atoms with Gasteiger partial charge in [-0.25, -0.2) is 0 Å². The quantitative estimate of drug-likeness (QED) is 0.896. The van der Waals surface area contributed by atoms with Crippen LogP contribution in [-0.2, 0) is 11.3 Å². The maximum Gasteiger partial charge on any atom is 0.242 e. The van der Waals surface area contributed by atoms with E-state index < -0.39 is 0 Å². The fraction of sp³-hybridized carbons (Fsp3) is 0.562. The number of amides is 1. The maximum absolute atomic E-state index is 12.5. The van der Waals surface area contributed by atoms with E-state index in [0.29, 0.717) is 13.2 Å². The first-order valence-electron chi connectivity index (χ1n) is 7.27. The fourth-order valence-corrected chi connectivity index (χ4v) is 2.70. The molecule has 1 aromatic rings. The molecule has 0 saturated carbocycles. The van der Waals surface area contributed by atoms with Crippen molar-refractivity contribution >= 4 is 5.91 Å². The van der Waals surface area contributed by atoms with Gasteiger partial charge in [-0.1, -0.05) is 12.1 Å². The van der Waals surface area contributed by atoms with Crippen molar-refractivity contribution in [2.45, 2.75) is 38.8 Å². The third-order valence-corrected chi connectivity index (χ3v) is 3.84. The van der Waals surface area contributed by atoms with Gasteiger partial charge in [-0.3, -0.25) is 4.79 Å². The first-order valence-corrected chi connectivity index (χ1v) is 7.27. The van der Waals surface area contributed by atoms with Crippen molar-refractivity contribution in [2.75, 3.05) is 20.2 Å². The molecule has 1 heterocycles. The standard InChI is InChI=1S/C16H24N2O2/c1-4-20-14-8-6-13(7-9-14)12-18(3)15(19)16(2)10-5-11-17-16/h6-9,17H,4-5,10-12H2,1-3H3. The highest BCUT2D eigenvalue weighted by Crippen LogP contribution is 2.22. The highest BCUT2D eigenvalue weighted by atomic mass is 16.5. The van der Waals surface area contributed by atoms with E-state index in [4.69, 9.17) is 4.74 Å². The third-order valence-electron chi connectivity index (χ3n) is 3.84. The lowest BCUT2D eigenvalue weighted by atomic mass is 9.98. The molecule has 1 unspecified atom stereocenters. The third kappa shape index (κ3) is 3.31. The second-order valence-electron chi connectivity index (χ2n) is 5.60. The number of benzene rings is 1. The van der Waals surface area contributed by atoms with Crippen molar-refractivity contribution in [1.82, 2.24) is 10.2 Å². The van der Waals surface area contributed by atoms with E-state index in [1.807, 2.05) is 45.2 Å². The Labute approximate surface area is 121 Å². The lowest BCUT2D eigenvalue weighted by Crippen LogP contribution is -2.51. The predicted octanol–water partition coefficient (Wildman–Crippen LogP) is 2.19. The first kappa shape index (κ1) is 14.9. The zero-order valence-corrected chi connectivity index (χ0v) is 12.6. The normalized spacial score (nSPS) is 21.8. The average Bonchev–Trinajstić information content (AvgIpc) is 2.88. The van der Waals surface area contributed by atoms with Crippen LogP contribution in [0.15, 0.2) is 24.3 Å².